The van der Waals surface area contributed by atoms with Crippen LogP contribution in [0, 0.1) is 6.92 Å². The molecule has 8 heteroatoms. The van der Waals surface area contributed by atoms with Crippen molar-refractivity contribution >= 4 is 17.8 Å². The average Bonchev–Trinajstić information content (AvgIpc) is 3.39. The van der Waals surface area contributed by atoms with Crippen molar-refractivity contribution in [2.24, 2.45) is 0 Å². The second-order valence-corrected chi connectivity index (χ2v) is 7.90. The van der Waals surface area contributed by atoms with Crippen LogP contribution in [0.5, 0.6) is 28.7 Å². The number of fused-ring (bicyclic) bond motifs is 3. The van der Waals surface area contributed by atoms with Gasteiger partial charge in [0.15, 0.2) is 17.3 Å². The van der Waals surface area contributed by atoms with Crippen molar-refractivity contribution in [3.63, 3.8) is 0 Å². The molecule has 0 saturated carbocycles. The molecule has 0 amide bonds. The van der Waals surface area contributed by atoms with E-state index in [1.807, 2.05) is 13.0 Å². The van der Waals surface area contributed by atoms with Gasteiger partial charge in [-0.1, -0.05) is 6.07 Å². The fraction of sp³-hybridized carbons (Fsp3) is 0.231. The van der Waals surface area contributed by atoms with Crippen LogP contribution >= 0.6 is 0 Å². The van der Waals surface area contributed by atoms with E-state index in [4.69, 9.17) is 28.1 Å². The zero-order chi connectivity index (χ0) is 24.0. The molecule has 174 valence electrons. The van der Waals surface area contributed by atoms with E-state index in [2.05, 4.69) is 0 Å². The molecule has 0 saturated heterocycles. The number of benzene rings is 2. The summed E-state index contributed by atoms with van der Waals surface area (Å²) in [6.45, 7) is 1.82. The number of rotatable bonds is 5. The highest BCUT2D eigenvalue weighted by molar-refractivity contribution is 6.15. The maximum Gasteiger partial charge on any atom is 0.312 e. The normalized spacial score (nSPS) is 17.6. The molecule has 0 N–H and O–H groups in total. The lowest BCUT2D eigenvalue weighted by Gasteiger charge is -2.28. The zero-order valence-corrected chi connectivity index (χ0v) is 19.1. The number of hydrogen-bond donors (Lipinski definition) is 0. The molecule has 0 spiro atoms. The predicted molar refractivity (Wildman–Crippen MR) is 121 cm³/mol. The average molecular weight is 462 g/mol. The number of allylic oxidation sites excluding steroid dienone is 1. The first-order chi connectivity index (χ1) is 16.4. The molecule has 2 aromatic carbocycles. The molecule has 3 aromatic rings. The van der Waals surface area contributed by atoms with Gasteiger partial charge in [-0.15, -0.1) is 0 Å². The van der Waals surface area contributed by atoms with Crippen LogP contribution in [0.15, 0.2) is 46.6 Å². The van der Waals surface area contributed by atoms with Crippen molar-refractivity contribution in [1.82, 2.24) is 0 Å². The monoisotopic (exact) mass is 462 g/mol. The lowest BCUT2D eigenvalue weighted by atomic mass is 9.84. The van der Waals surface area contributed by atoms with Crippen molar-refractivity contribution < 1.29 is 37.7 Å². The summed E-state index contributed by atoms with van der Waals surface area (Å²) in [5.41, 5.74) is 1.66. The highest BCUT2D eigenvalue weighted by Crippen LogP contribution is 2.53. The van der Waals surface area contributed by atoms with Crippen LogP contribution in [0.2, 0.25) is 0 Å². The molecule has 34 heavy (non-hydrogen) atoms. The highest BCUT2D eigenvalue weighted by atomic mass is 16.5. The summed E-state index contributed by atoms with van der Waals surface area (Å²) in [6.07, 6.45) is 1.59. The Balaban J connectivity index is 1.66. The SMILES string of the molecule is COc1ccc([C@H]2CC(=O)Oc3ccc4c(c32)O/C(=C\c2ccc(C)o2)C4=O)c(OC)c1OC. The Morgan fingerprint density at radius 1 is 0.912 bits per heavy atom. The fourth-order valence-electron chi connectivity index (χ4n) is 4.43. The molecule has 0 radical (unpaired) electrons. The molecule has 3 heterocycles. The molecular weight excluding hydrogens is 440 g/mol. The fourth-order valence-corrected chi connectivity index (χ4v) is 4.43. The van der Waals surface area contributed by atoms with Gasteiger partial charge in [-0.25, -0.2) is 0 Å². The van der Waals surface area contributed by atoms with Crippen LogP contribution < -0.4 is 23.7 Å². The van der Waals surface area contributed by atoms with Crippen molar-refractivity contribution in [3.8, 4) is 28.7 Å². The Kier molecular flexibility index (Phi) is 5.28. The van der Waals surface area contributed by atoms with Crippen LogP contribution in [0.25, 0.3) is 6.08 Å². The Labute approximate surface area is 195 Å². The highest BCUT2D eigenvalue weighted by Gasteiger charge is 2.40. The molecule has 2 aliphatic rings. The van der Waals surface area contributed by atoms with Crippen LogP contribution in [0.1, 0.15) is 45.3 Å². The molecule has 8 nitrogen and oxygen atoms in total. The van der Waals surface area contributed by atoms with Gasteiger partial charge in [-0.3, -0.25) is 9.59 Å². The molecule has 0 bridgehead atoms. The van der Waals surface area contributed by atoms with Crippen LogP contribution in [0.4, 0.5) is 0 Å². The predicted octanol–water partition coefficient (Wildman–Crippen LogP) is 4.67. The number of hydrogen-bond acceptors (Lipinski definition) is 8. The van der Waals surface area contributed by atoms with E-state index in [-0.39, 0.29) is 18.0 Å². The van der Waals surface area contributed by atoms with Gasteiger partial charge in [0.2, 0.25) is 11.5 Å². The van der Waals surface area contributed by atoms with Crippen molar-refractivity contribution in [1.29, 1.82) is 0 Å². The first kappa shape index (κ1) is 21.6. The topological polar surface area (TPSA) is 93.4 Å². The van der Waals surface area contributed by atoms with E-state index >= 15 is 0 Å². The molecule has 5 rings (SSSR count). The van der Waals surface area contributed by atoms with E-state index in [1.165, 1.54) is 21.3 Å². The van der Waals surface area contributed by atoms with Crippen LogP contribution in [-0.2, 0) is 4.79 Å². The number of esters is 1. The summed E-state index contributed by atoms with van der Waals surface area (Å²) in [5.74, 6) is 2.19. The third kappa shape index (κ3) is 3.39. The number of methoxy groups -OCH3 is 3. The van der Waals surface area contributed by atoms with E-state index in [1.54, 1.807) is 36.4 Å². The smallest absolute Gasteiger partial charge is 0.312 e. The summed E-state index contributed by atoms with van der Waals surface area (Å²) >= 11 is 0. The minimum absolute atomic E-state index is 0.0310. The Hall–Kier alpha value is -4.20. The standard InChI is InChI=1S/C26H22O8/c1-13-5-6-14(32-13)11-20-23(28)16-8-9-18-22(24(16)34-20)17(12-21(27)33-18)15-7-10-19(29-2)26(31-4)25(15)30-3/h5-11,17H,12H2,1-4H3/b20-11-/t17-/m1/s1. The van der Waals surface area contributed by atoms with Gasteiger partial charge in [-0.2, -0.15) is 0 Å². The summed E-state index contributed by atoms with van der Waals surface area (Å²) in [6, 6.07) is 10.3. The van der Waals surface area contributed by atoms with Gasteiger partial charge >= 0.3 is 5.97 Å². The maximum atomic E-state index is 13.1. The Morgan fingerprint density at radius 3 is 2.38 bits per heavy atom. The number of carbonyl (C=O) groups excluding carboxylic acids is 2. The van der Waals surface area contributed by atoms with Crippen molar-refractivity contribution in [3.05, 3.63) is 70.4 Å². The number of carbonyl (C=O) groups is 2. The van der Waals surface area contributed by atoms with Crippen molar-refractivity contribution in [2.45, 2.75) is 19.3 Å². The number of furan rings is 1. The summed E-state index contributed by atoms with van der Waals surface area (Å²) in [7, 11) is 4.57. The number of aryl methyl sites for hydroxylation is 1. The minimum Gasteiger partial charge on any atom is -0.493 e. The van der Waals surface area contributed by atoms with Gasteiger partial charge in [0.1, 0.15) is 23.0 Å². The van der Waals surface area contributed by atoms with Crippen LogP contribution in [-0.4, -0.2) is 33.1 Å². The lowest BCUT2D eigenvalue weighted by molar-refractivity contribution is -0.135. The molecule has 0 aliphatic carbocycles. The molecule has 2 aliphatic heterocycles. The molecular formula is C26H22O8. The maximum absolute atomic E-state index is 13.1. The second kappa shape index (κ2) is 8.30. The molecule has 0 unspecified atom stereocenters. The number of Topliss-reactive ketones (excluding diaryl/α,β-unsaturated/α-hetero) is 1. The first-order valence-electron chi connectivity index (χ1n) is 10.6. The second-order valence-electron chi connectivity index (χ2n) is 7.90. The number of ketones is 1. The Bertz CT molecular complexity index is 1350. The third-order valence-corrected chi connectivity index (χ3v) is 5.92. The lowest BCUT2D eigenvalue weighted by Crippen LogP contribution is -2.22. The van der Waals surface area contributed by atoms with E-state index in [9.17, 15) is 9.59 Å². The molecule has 1 aromatic heterocycles. The van der Waals surface area contributed by atoms with Gasteiger partial charge in [0.25, 0.3) is 0 Å². The largest absolute Gasteiger partial charge is 0.493 e. The van der Waals surface area contributed by atoms with E-state index in [0.29, 0.717) is 51.2 Å². The summed E-state index contributed by atoms with van der Waals surface area (Å²) in [4.78, 5) is 25.6. The zero-order valence-electron chi connectivity index (χ0n) is 19.1. The minimum atomic E-state index is -0.501. The van der Waals surface area contributed by atoms with Gasteiger partial charge in [0.05, 0.1) is 33.3 Å². The van der Waals surface area contributed by atoms with Gasteiger partial charge in [0, 0.05) is 23.1 Å². The first-order valence-corrected chi connectivity index (χ1v) is 10.6. The van der Waals surface area contributed by atoms with E-state index < -0.39 is 11.9 Å². The molecule has 1 atom stereocenters. The Morgan fingerprint density at radius 2 is 1.71 bits per heavy atom. The van der Waals surface area contributed by atoms with Gasteiger partial charge < -0.3 is 28.1 Å². The molecule has 0 fully saturated rings. The summed E-state index contributed by atoms with van der Waals surface area (Å²) < 4.78 is 33.7. The van der Waals surface area contributed by atoms with Crippen molar-refractivity contribution in [2.75, 3.05) is 21.3 Å². The van der Waals surface area contributed by atoms with E-state index in [0.717, 1.165) is 5.76 Å². The third-order valence-electron chi connectivity index (χ3n) is 5.92. The quantitative estimate of drug-likeness (QED) is 0.307. The number of ether oxygens (including phenoxy) is 5. The van der Waals surface area contributed by atoms with Gasteiger partial charge in [-0.05, 0) is 37.3 Å². The summed E-state index contributed by atoms with van der Waals surface area (Å²) in [5, 5.41) is 0. The van der Waals surface area contributed by atoms with Crippen LogP contribution in [0.3, 0.4) is 0 Å².